The third-order valence-electron chi connectivity index (χ3n) is 4.88. The Bertz CT molecular complexity index is 1240. The zero-order valence-corrected chi connectivity index (χ0v) is 21.1. The molecule has 1 N–H and O–H groups in total. The van der Waals surface area contributed by atoms with Gasteiger partial charge in [0.1, 0.15) is 18.1 Å². The number of aromatic nitrogens is 3. The summed E-state index contributed by atoms with van der Waals surface area (Å²) in [6, 6.07) is 22.9. The molecule has 0 radical (unpaired) electrons. The van der Waals surface area contributed by atoms with Crippen LogP contribution in [0.25, 0.3) is 5.69 Å². The summed E-state index contributed by atoms with van der Waals surface area (Å²) in [4.78, 5) is 12.5. The summed E-state index contributed by atoms with van der Waals surface area (Å²) < 4.78 is 14.1. The van der Waals surface area contributed by atoms with Gasteiger partial charge < -0.3 is 14.8 Å². The highest BCUT2D eigenvalue weighted by Crippen LogP contribution is 2.25. The molecule has 174 valence electrons. The van der Waals surface area contributed by atoms with Crippen molar-refractivity contribution >= 4 is 39.3 Å². The highest BCUT2D eigenvalue weighted by atomic mass is 79.9. The molecule has 0 saturated heterocycles. The summed E-state index contributed by atoms with van der Waals surface area (Å²) in [5.74, 6) is 2.18. The number of anilines is 1. The lowest BCUT2D eigenvalue weighted by atomic mass is 10.2. The molecule has 0 aliphatic heterocycles. The Morgan fingerprint density at radius 1 is 0.971 bits per heavy atom. The van der Waals surface area contributed by atoms with E-state index in [-0.39, 0.29) is 18.3 Å². The fraction of sp³-hybridized carbons (Fsp3) is 0.160. The van der Waals surface area contributed by atoms with Gasteiger partial charge in [0, 0.05) is 15.8 Å². The van der Waals surface area contributed by atoms with Crippen LogP contribution in [0.1, 0.15) is 11.4 Å². The van der Waals surface area contributed by atoms with E-state index in [1.54, 1.807) is 7.11 Å². The fourth-order valence-corrected chi connectivity index (χ4v) is 4.16. The van der Waals surface area contributed by atoms with Gasteiger partial charge in [-0.15, -0.1) is 10.2 Å². The third kappa shape index (κ3) is 6.18. The number of carbonyl (C=O) groups is 1. The maximum Gasteiger partial charge on any atom is 0.234 e. The lowest BCUT2D eigenvalue weighted by Gasteiger charge is -2.12. The molecule has 0 atom stereocenters. The van der Waals surface area contributed by atoms with Crippen LogP contribution < -0.4 is 14.8 Å². The van der Waals surface area contributed by atoms with Gasteiger partial charge in [-0.3, -0.25) is 9.36 Å². The normalized spacial score (nSPS) is 10.7. The first kappa shape index (κ1) is 23.8. The third-order valence-corrected chi connectivity index (χ3v) is 6.34. The number of halogens is 1. The monoisotopic (exact) mass is 538 g/mol. The average molecular weight is 539 g/mol. The molecular formula is C25H23BrN4O3S. The van der Waals surface area contributed by atoms with Crippen molar-refractivity contribution in [3.63, 3.8) is 0 Å². The predicted molar refractivity (Wildman–Crippen MR) is 137 cm³/mol. The zero-order valence-electron chi connectivity index (χ0n) is 18.7. The van der Waals surface area contributed by atoms with Crippen molar-refractivity contribution in [2.75, 3.05) is 18.2 Å². The Hall–Kier alpha value is -3.30. The Morgan fingerprint density at radius 2 is 1.65 bits per heavy atom. The van der Waals surface area contributed by atoms with Gasteiger partial charge in [-0.1, -0.05) is 45.4 Å². The van der Waals surface area contributed by atoms with Crippen LogP contribution in [0.15, 0.2) is 82.4 Å². The van der Waals surface area contributed by atoms with Gasteiger partial charge in [0.2, 0.25) is 5.91 Å². The summed E-state index contributed by atoms with van der Waals surface area (Å²) in [7, 11) is 1.62. The fourth-order valence-electron chi connectivity index (χ4n) is 3.12. The first-order valence-corrected chi connectivity index (χ1v) is 12.3. The predicted octanol–water partition coefficient (Wildman–Crippen LogP) is 5.66. The molecule has 1 aromatic heterocycles. The van der Waals surface area contributed by atoms with Gasteiger partial charge >= 0.3 is 0 Å². The molecule has 0 bridgehead atoms. The molecule has 4 rings (SSSR count). The van der Waals surface area contributed by atoms with E-state index in [2.05, 4.69) is 31.4 Å². The Kier molecular flexibility index (Phi) is 7.87. The van der Waals surface area contributed by atoms with Crippen molar-refractivity contribution in [2.24, 2.45) is 0 Å². The number of rotatable bonds is 9. The molecule has 9 heteroatoms. The van der Waals surface area contributed by atoms with Crippen molar-refractivity contribution in [3.8, 4) is 17.2 Å². The molecule has 1 amide bonds. The molecule has 3 aromatic carbocycles. The van der Waals surface area contributed by atoms with Crippen LogP contribution in [0.3, 0.4) is 0 Å². The Morgan fingerprint density at radius 3 is 2.32 bits per heavy atom. The van der Waals surface area contributed by atoms with Gasteiger partial charge in [0.15, 0.2) is 11.0 Å². The second kappa shape index (κ2) is 11.2. The Labute approximate surface area is 210 Å². The number of nitrogens with zero attached hydrogens (tertiary/aromatic N) is 3. The number of hydrogen-bond acceptors (Lipinski definition) is 6. The number of amides is 1. The molecule has 0 unspecified atom stereocenters. The van der Waals surface area contributed by atoms with Crippen molar-refractivity contribution in [2.45, 2.75) is 18.7 Å². The number of aryl methyl sites for hydroxylation is 1. The topological polar surface area (TPSA) is 78.3 Å². The van der Waals surface area contributed by atoms with E-state index in [9.17, 15) is 4.79 Å². The van der Waals surface area contributed by atoms with Gasteiger partial charge in [-0.25, -0.2) is 0 Å². The summed E-state index contributed by atoms with van der Waals surface area (Å²) >= 11 is 4.70. The van der Waals surface area contributed by atoms with E-state index < -0.39 is 0 Å². The van der Waals surface area contributed by atoms with Crippen LogP contribution in [0.4, 0.5) is 5.69 Å². The summed E-state index contributed by atoms with van der Waals surface area (Å²) in [6.07, 6.45) is 0. The second-order valence-corrected chi connectivity index (χ2v) is 9.24. The SMILES string of the molecule is COc1ccc(-n2c(COc3ccc(C)cc3)nnc2SCC(=O)Nc2ccc(Br)cc2)cc1. The van der Waals surface area contributed by atoms with Gasteiger partial charge in [-0.05, 0) is 67.6 Å². The van der Waals surface area contributed by atoms with E-state index in [4.69, 9.17) is 9.47 Å². The number of ether oxygens (including phenoxy) is 2. The quantitative estimate of drug-likeness (QED) is 0.277. The van der Waals surface area contributed by atoms with Crippen LogP contribution >= 0.6 is 27.7 Å². The number of methoxy groups -OCH3 is 1. The average Bonchev–Trinajstić information content (AvgIpc) is 3.26. The van der Waals surface area contributed by atoms with Gasteiger partial charge in [-0.2, -0.15) is 0 Å². The van der Waals surface area contributed by atoms with Gasteiger partial charge in [0.25, 0.3) is 0 Å². The van der Waals surface area contributed by atoms with Crippen LogP contribution in [-0.4, -0.2) is 33.5 Å². The molecule has 0 saturated carbocycles. The smallest absolute Gasteiger partial charge is 0.234 e. The van der Waals surface area contributed by atoms with Crippen LogP contribution in [0.2, 0.25) is 0 Å². The molecular weight excluding hydrogens is 516 g/mol. The van der Waals surface area contributed by atoms with Crippen LogP contribution in [-0.2, 0) is 11.4 Å². The molecule has 0 aliphatic carbocycles. The molecule has 0 fully saturated rings. The van der Waals surface area contributed by atoms with Crippen molar-refractivity contribution in [1.82, 2.24) is 14.8 Å². The molecule has 4 aromatic rings. The molecule has 7 nitrogen and oxygen atoms in total. The van der Waals surface area contributed by atoms with E-state index >= 15 is 0 Å². The maximum absolute atomic E-state index is 12.5. The molecule has 1 heterocycles. The lowest BCUT2D eigenvalue weighted by Crippen LogP contribution is -2.14. The minimum atomic E-state index is -0.131. The number of hydrogen-bond donors (Lipinski definition) is 1. The first-order valence-electron chi connectivity index (χ1n) is 10.5. The highest BCUT2D eigenvalue weighted by molar-refractivity contribution is 9.10. The number of thioether (sulfide) groups is 1. The minimum absolute atomic E-state index is 0.131. The van der Waals surface area contributed by atoms with E-state index in [1.807, 2.05) is 84.3 Å². The zero-order chi connectivity index (χ0) is 23.9. The van der Waals surface area contributed by atoms with E-state index in [1.165, 1.54) is 11.8 Å². The highest BCUT2D eigenvalue weighted by Gasteiger charge is 2.17. The van der Waals surface area contributed by atoms with Crippen molar-refractivity contribution in [3.05, 3.63) is 88.7 Å². The Balaban J connectivity index is 1.51. The van der Waals surface area contributed by atoms with Gasteiger partial charge in [0.05, 0.1) is 12.9 Å². The number of benzene rings is 3. The molecule has 0 aliphatic rings. The standard InChI is InChI=1S/C25H23BrN4O3S/c1-17-3-11-22(12-4-17)33-15-23-28-29-25(30(23)20-9-13-21(32-2)14-10-20)34-16-24(31)27-19-7-5-18(26)6-8-19/h3-14H,15-16H2,1-2H3,(H,27,31). The minimum Gasteiger partial charge on any atom is -0.497 e. The van der Waals surface area contributed by atoms with Crippen molar-refractivity contribution < 1.29 is 14.3 Å². The summed E-state index contributed by atoms with van der Waals surface area (Å²) in [6.45, 7) is 2.26. The van der Waals surface area contributed by atoms with Crippen LogP contribution in [0.5, 0.6) is 11.5 Å². The van der Waals surface area contributed by atoms with E-state index in [0.717, 1.165) is 32.9 Å². The largest absolute Gasteiger partial charge is 0.497 e. The number of carbonyl (C=O) groups excluding carboxylic acids is 1. The van der Waals surface area contributed by atoms with Crippen LogP contribution in [0, 0.1) is 6.92 Å². The first-order chi connectivity index (χ1) is 16.5. The van der Waals surface area contributed by atoms with E-state index in [0.29, 0.717) is 11.0 Å². The molecule has 0 spiro atoms. The second-order valence-electron chi connectivity index (χ2n) is 7.38. The maximum atomic E-state index is 12.5. The number of nitrogens with one attached hydrogen (secondary N) is 1. The summed E-state index contributed by atoms with van der Waals surface area (Å²) in [5.41, 5.74) is 2.75. The lowest BCUT2D eigenvalue weighted by molar-refractivity contribution is -0.113. The summed E-state index contributed by atoms with van der Waals surface area (Å²) in [5, 5.41) is 12.2. The van der Waals surface area contributed by atoms with Crippen molar-refractivity contribution in [1.29, 1.82) is 0 Å². The molecule has 34 heavy (non-hydrogen) atoms.